The summed E-state index contributed by atoms with van der Waals surface area (Å²) in [7, 11) is -3.15. The van der Waals surface area contributed by atoms with E-state index in [0.717, 1.165) is 5.69 Å². The van der Waals surface area contributed by atoms with Gasteiger partial charge in [0.05, 0.1) is 22.9 Å². The second kappa shape index (κ2) is 6.39. The molecule has 1 fully saturated rings. The smallest absolute Gasteiger partial charge is 0.210 e. The summed E-state index contributed by atoms with van der Waals surface area (Å²) in [6.07, 6.45) is -0.843. The molecule has 2 N–H and O–H groups in total. The van der Waals surface area contributed by atoms with Gasteiger partial charge < -0.3 is 10.4 Å². The monoisotopic (exact) mass is 371 g/mol. The minimum Gasteiger partial charge on any atom is -0.391 e. The van der Waals surface area contributed by atoms with Crippen LogP contribution in [0.5, 0.6) is 0 Å². The largest absolute Gasteiger partial charge is 0.391 e. The van der Waals surface area contributed by atoms with E-state index in [1.807, 2.05) is 25.1 Å². The molecule has 0 aliphatic carbocycles. The van der Waals surface area contributed by atoms with E-state index in [1.54, 1.807) is 0 Å². The molecule has 2 aromatic rings. The second-order valence-electron chi connectivity index (χ2n) is 5.60. The highest BCUT2D eigenvalue weighted by atomic mass is 32.2. The van der Waals surface area contributed by atoms with Crippen molar-refractivity contribution in [3.63, 3.8) is 0 Å². The molecule has 3 rings (SSSR count). The van der Waals surface area contributed by atoms with Gasteiger partial charge in [0.1, 0.15) is 0 Å². The van der Waals surface area contributed by atoms with E-state index in [2.05, 4.69) is 22.4 Å². The Balaban J connectivity index is 1.67. The second-order valence-corrected chi connectivity index (χ2v) is 10.2. The number of rotatable bonds is 4. The molecule has 1 aromatic carbocycles. The Morgan fingerprint density at radius 1 is 1.26 bits per heavy atom. The third-order valence-electron chi connectivity index (χ3n) is 3.69. The van der Waals surface area contributed by atoms with E-state index in [1.165, 1.54) is 34.2 Å². The zero-order valence-corrected chi connectivity index (χ0v) is 15.1. The highest BCUT2D eigenvalue weighted by Gasteiger charge is 2.37. The first-order valence-electron chi connectivity index (χ1n) is 7.05. The molecule has 0 unspecified atom stereocenters. The zero-order chi connectivity index (χ0) is 16.6. The standard InChI is InChI=1S/C14H17N3O3S3/c1-8-3-4-10(5-9(8)2)15-13-16-17-14(22-13)21-12-7-23(19,20)6-11(12)18/h3-5,11-12,18H,6-7H2,1-2H3,(H,15,16)/t11-,12+/m0/s1. The summed E-state index contributed by atoms with van der Waals surface area (Å²) in [5, 5.41) is 21.4. The lowest BCUT2D eigenvalue weighted by Gasteiger charge is -2.08. The summed E-state index contributed by atoms with van der Waals surface area (Å²) in [5.74, 6) is -0.185. The van der Waals surface area contributed by atoms with Gasteiger partial charge in [-0.05, 0) is 37.1 Å². The SMILES string of the molecule is Cc1ccc(Nc2nnc(S[C@@H]3CS(=O)(=O)C[C@@H]3O)s2)cc1C. The van der Waals surface area contributed by atoms with Crippen molar-refractivity contribution in [1.82, 2.24) is 10.2 Å². The summed E-state index contributed by atoms with van der Waals surface area (Å²) in [6.45, 7) is 4.10. The molecule has 23 heavy (non-hydrogen) atoms. The number of nitrogens with zero attached hydrogens (tertiary/aromatic N) is 2. The van der Waals surface area contributed by atoms with Crippen molar-refractivity contribution in [2.45, 2.75) is 29.5 Å². The maximum Gasteiger partial charge on any atom is 0.210 e. The van der Waals surface area contributed by atoms with Gasteiger partial charge in [0, 0.05) is 5.69 Å². The molecule has 1 aromatic heterocycles. The molecule has 1 aliphatic heterocycles. The topological polar surface area (TPSA) is 92.2 Å². The Hall–Kier alpha value is -1.16. The number of benzene rings is 1. The molecule has 1 aliphatic rings. The van der Waals surface area contributed by atoms with Crippen LogP contribution in [0.15, 0.2) is 22.5 Å². The number of hydrogen-bond acceptors (Lipinski definition) is 8. The Morgan fingerprint density at radius 3 is 2.70 bits per heavy atom. The summed E-state index contributed by atoms with van der Waals surface area (Å²) in [6, 6.07) is 6.05. The maximum absolute atomic E-state index is 11.5. The van der Waals surface area contributed by atoms with Crippen LogP contribution in [0.3, 0.4) is 0 Å². The average Bonchev–Trinajstić information content (AvgIpc) is 2.98. The van der Waals surface area contributed by atoms with Crippen LogP contribution in [0, 0.1) is 13.8 Å². The average molecular weight is 372 g/mol. The van der Waals surface area contributed by atoms with Crippen molar-refractivity contribution < 1.29 is 13.5 Å². The van der Waals surface area contributed by atoms with Crippen molar-refractivity contribution >= 4 is 43.8 Å². The number of aliphatic hydroxyl groups is 1. The van der Waals surface area contributed by atoms with E-state index in [0.29, 0.717) is 9.47 Å². The fourth-order valence-corrected chi connectivity index (χ4v) is 6.81. The van der Waals surface area contributed by atoms with Crippen molar-refractivity contribution in [3.05, 3.63) is 29.3 Å². The summed E-state index contributed by atoms with van der Waals surface area (Å²) in [4.78, 5) is 0. The van der Waals surface area contributed by atoms with Gasteiger partial charge in [0.2, 0.25) is 5.13 Å². The normalized spacial score (nSPS) is 23.1. The van der Waals surface area contributed by atoms with Crippen LogP contribution < -0.4 is 5.32 Å². The molecule has 9 heteroatoms. The number of sulfone groups is 1. The predicted octanol–water partition coefficient (Wildman–Crippen LogP) is 2.15. The molecule has 2 heterocycles. The Kier molecular flexibility index (Phi) is 4.63. The van der Waals surface area contributed by atoms with Crippen LogP contribution in [0.4, 0.5) is 10.8 Å². The van der Waals surface area contributed by atoms with Crippen LogP contribution in [-0.4, -0.2) is 46.6 Å². The predicted molar refractivity (Wildman–Crippen MR) is 93.4 cm³/mol. The van der Waals surface area contributed by atoms with Gasteiger partial charge in [-0.2, -0.15) is 0 Å². The third kappa shape index (κ3) is 4.03. The minimum atomic E-state index is -3.15. The number of aromatic nitrogens is 2. The number of anilines is 2. The van der Waals surface area contributed by atoms with Gasteiger partial charge in [0.15, 0.2) is 14.2 Å². The van der Waals surface area contributed by atoms with Gasteiger partial charge in [-0.25, -0.2) is 8.42 Å². The lowest BCUT2D eigenvalue weighted by atomic mass is 10.1. The first-order valence-corrected chi connectivity index (χ1v) is 10.6. The molecule has 0 radical (unpaired) electrons. The van der Waals surface area contributed by atoms with Gasteiger partial charge in [0.25, 0.3) is 0 Å². The van der Waals surface area contributed by atoms with Crippen LogP contribution in [0.25, 0.3) is 0 Å². The summed E-state index contributed by atoms with van der Waals surface area (Å²) in [5.41, 5.74) is 3.35. The minimum absolute atomic E-state index is 0.0155. The molecule has 0 amide bonds. The summed E-state index contributed by atoms with van der Waals surface area (Å²) < 4.78 is 23.7. The highest BCUT2D eigenvalue weighted by Crippen LogP contribution is 2.35. The lowest BCUT2D eigenvalue weighted by molar-refractivity contribution is 0.207. The lowest BCUT2D eigenvalue weighted by Crippen LogP contribution is -2.19. The van der Waals surface area contributed by atoms with E-state index in [9.17, 15) is 13.5 Å². The van der Waals surface area contributed by atoms with Crippen molar-refractivity contribution in [2.24, 2.45) is 0 Å². The molecule has 0 spiro atoms. The molecule has 0 saturated carbocycles. The van der Waals surface area contributed by atoms with Gasteiger partial charge in [-0.3, -0.25) is 0 Å². The third-order valence-corrected chi connectivity index (χ3v) is 7.86. The summed E-state index contributed by atoms with van der Waals surface area (Å²) >= 11 is 2.62. The molecule has 6 nitrogen and oxygen atoms in total. The van der Waals surface area contributed by atoms with E-state index in [4.69, 9.17) is 0 Å². The maximum atomic E-state index is 11.5. The number of nitrogens with one attached hydrogen (secondary N) is 1. The molecule has 1 saturated heterocycles. The number of thioether (sulfide) groups is 1. The number of hydrogen-bond donors (Lipinski definition) is 2. The molecule has 124 valence electrons. The Labute approximate surface area is 143 Å². The van der Waals surface area contributed by atoms with Crippen molar-refractivity contribution in [3.8, 4) is 0 Å². The van der Waals surface area contributed by atoms with E-state index >= 15 is 0 Å². The van der Waals surface area contributed by atoms with Crippen molar-refractivity contribution in [1.29, 1.82) is 0 Å². The zero-order valence-electron chi connectivity index (χ0n) is 12.7. The molecule has 0 bridgehead atoms. The van der Waals surface area contributed by atoms with E-state index in [-0.39, 0.29) is 16.8 Å². The molecule has 2 atom stereocenters. The van der Waals surface area contributed by atoms with E-state index < -0.39 is 15.9 Å². The van der Waals surface area contributed by atoms with Crippen LogP contribution >= 0.6 is 23.1 Å². The Morgan fingerprint density at radius 2 is 2.04 bits per heavy atom. The van der Waals surface area contributed by atoms with Gasteiger partial charge in [-0.1, -0.05) is 29.2 Å². The van der Waals surface area contributed by atoms with Gasteiger partial charge in [-0.15, -0.1) is 10.2 Å². The highest BCUT2D eigenvalue weighted by molar-refractivity contribution is 8.03. The van der Waals surface area contributed by atoms with Gasteiger partial charge >= 0.3 is 0 Å². The van der Waals surface area contributed by atoms with Crippen LogP contribution in [0.2, 0.25) is 0 Å². The number of aryl methyl sites for hydroxylation is 2. The van der Waals surface area contributed by atoms with Crippen LogP contribution in [0.1, 0.15) is 11.1 Å². The molecular formula is C14H17N3O3S3. The number of aliphatic hydroxyl groups excluding tert-OH is 1. The Bertz CT molecular complexity index is 820. The first kappa shape index (κ1) is 16.7. The van der Waals surface area contributed by atoms with Crippen molar-refractivity contribution in [2.75, 3.05) is 16.8 Å². The fraction of sp³-hybridized carbons (Fsp3) is 0.429. The molecular weight excluding hydrogens is 354 g/mol. The fourth-order valence-electron chi connectivity index (χ4n) is 2.29. The van der Waals surface area contributed by atoms with Crippen LogP contribution in [-0.2, 0) is 9.84 Å². The first-order chi connectivity index (χ1) is 10.8. The quantitative estimate of drug-likeness (QED) is 0.851.